The van der Waals surface area contributed by atoms with Crippen molar-refractivity contribution in [1.82, 2.24) is 0 Å². The topological polar surface area (TPSA) is 104 Å². The van der Waals surface area contributed by atoms with Crippen molar-refractivity contribution in [2.45, 2.75) is 0 Å². The molecule has 8 nitrogen and oxygen atoms in total. The summed E-state index contributed by atoms with van der Waals surface area (Å²) in [7, 11) is 0. The summed E-state index contributed by atoms with van der Waals surface area (Å²) >= 11 is 0. The Kier molecular flexibility index (Phi) is 4.02. The molecule has 0 atom stereocenters. The van der Waals surface area contributed by atoms with Gasteiger partial charge in [-0.15, -0.1) is 5.10 Å². The Labute approximate surface area is 149 Å². The van der Waals surface area contributed by atoms with Crippen molar-refractivity contribution in [2.75, 3.05) is 24.6 Å². The average Bonchev–Trinajstić information content (AvgIpc) is 2.84. The first kappa shape index (κ1) is 16.1. The molecule has 2 aromatic rings. The highest BCUT2D eigenvalue weighted by Gasteiger charge is 2.28. The van der Waals surface area contributed by atoms with Gasteiger partial charge in [0.1, 0.15) is 0 Å². The Morgan fingerprint density at radius 1 is 1.15 bits per heavy atom. The van der Waals surface area contributed by atoms with Crippen LogP contribution < -0.4 is 4.90 Å². The number of anilines is 1. The van der Waals surface area contributed by atoms with Crippen LogP contribution in [0.25, 0.3) is 0 Å². The van der Waals surface area contributed by atoms with Crippen LogP contribution in [0.3, 0.4) is 0 Å². The summed E-state index contributed by atoms with van der Waals surface area (Å²) in [5, 5.41) is 28.9. The average molecular weight is 349 g/mol. The van der Waals surface area contributed by atoms with Gasteiger partial charge in [-0.1, -0.05) is 30.3 Å². The van der Waals surface area contributed by atoms with Crippen molar-refractivity contribution in [3.63, 3.8) is 0 Å². The summed E-state index contributed by atoms with van der Waals surface area (Å²) in [4.78, 5) is 17.4. The van der Waals surface area contributed by atoms with Crippen LogP contribution in [0.2, 0.25) is 0 Å². The van der Waals surface area contributed by atoms with Crippen LogP contribution in [0, 0.1) is 10.1 Å². The molecule has 4 rings (SSSR count). The van der Waals surface area contributed by atoms with Crippen LogP contribution in [0.4, 0.5) is 11.4 Å². The van der Waals surface area contributed by atoms with Gasteiger partial charge in [-0.05, 0) is 6.07 Å². The van der Waals surface area contributed by atoms with Crippen molar-refractivity contribution in [3.05, 3.63) is 69.8 Å². The number of nitrogens with zero attached hydrogens (tertiary/aromatic N) is 5. The molecule has 0 fully saturated rings. The molecular weight excluding hydrogens is 334 g/mol. The number of non-ortho nitro benzene ring substituents is 1. The predicted molar refractivity (Wildman–Crippen MR) is 99.3 cm³/mol. The highest BCUT2D eigenvalue weighted by Crippen LogP contribution is 2.31. The number of rotatable bonds is 3. The van der Waals surface area contributed by atoms with Crippen molar-refractivity contribution >= 4 is 28.6 Å². The van der Waals surface area contributed by atoms with E-state index in [0.717, 1.165) is 11.3 Å². The Morgan fingerprint density at radius 3 is 2.69 bits per heavy atom. The fourth-order valence-corrected chi connectivity index (χ4v) is 3.05. The maximum Gasteiger partial charge on any atom is 0.270 e. The quantitative estimate of drug-likeness (QED) is 0.676. The Bertz CT molecular complexity index is 966. The lowest BCUT2D eigenvalue weighted by molar-refractivity contribution is -0.384. The first-order chi connectivity index (χ1) is 12.7. The van der Waals surface area contributed by atoms with Crippen LogP contribution in [0.1, 0.15) is 11.1 Å². The Morgan fingerprint density at radius 2 is 1.96 bits per heavy atom. The van der Waals surface area contributed by atoms with Crippen molar-refractivity contribution in [1.29, 1.82) is 0 Å². The van der Waals surface area contributed by atoms with Crippen LogP contribution in [0.15, 0.2) is 63.7 Å². The molecule has 0 amide bonds. The van der Waals surface area contributed by atoms with E-state index in [-0.39, 0.29) is 12.3 Å². The van der Waals surface area contributed by atoms with Gasteiger partial charge in [0.25, 0.3) is 5.69 Å². The number of aliphatic hydroxyl groups excluding tert-OH is 1. The number of benzene rings is 2. The number of nitro benzene ring substituents is 1. The fraction of sp³-hybridized carbons (Fsp3) is 0.167. The van der Waals surface area contributed by atoms with Gasteiger partial charge in [0.05, 0.1) is 41.7 Å². The molecule has 2 aromatic carbocycles. The number of hydrogen-bond acceptors (Lipinski definition) is 7. The van der Waals surface area contributed by atoms with Gasteiger partial charge < -0.3 is 10.0 Å². The molecule has 0 radical (unpaired) electrons. The molecular formula is C18H15N5O3. The molecule has 0 unspecified atom stereocenters. The minimum atomic E-state index is -0.417. The molecule has 2 heterocycles. The van der Waals surface area contributed by atoms with Gasteiger partial charge in [0.15, 0.2) is 5.84 Å². The second kappa shape index (κ2) is 6.49. The van der Waals surface area contributed by atoms with E-state index in [1.807, 2.05) is 35.2 Å². The van der Waals surface area contributed by atoms with Crippen LogP contribution in [-0.2, 0) is 0 Å². The number of aliphatic hydroxyl groups is 1. The van der Waals surface area contributed by atoms with Crippen LogP contribution in [-0.4, -0.2) is 47.0 Å². The zero-order valence-corrected chi connectivity index (χ0v) is 13.7. The number of fused-ring (bicyclic) bond motifs is 3. The van der Waals surface area contributed by atoms with Crippen molar-refractivity contribution in [2.24, 2.45) is 15.2 Å². The Hall–Kier alpha value is -3.39. The van der Waals surface area contributed by atoms with Crippen LogP contribution >= 0.6 is 0 Å². The second-order valence-corrected chi connectivity index (χ2v) is 5.92. The molecule has 130 valence electrons. The summed E-state index contributed by atoms with van der Waals surface area (Å²) in [6.45, 7) is 0.481. The lowest BCUT2D eigenvalue weighted by Gasteiger charge is -2.27. The first-order valence-corrected chi connectivity index (χ1v) is 8.06. The predicted octanol–water partition coefficient (Wildman–Crippen LogP) is 2.01. The third-order valence-electron chi connectivity index (χ3n) is 4.30. The van der Waals surface area contributed by atoms with E-state index in [1.165, 1.54) is 12.1 Å². The number of hydrogen-bond donors (Lipinski definition) is 1. The minimum Gasteiger partial charge on any atom is -0.390 e. The first-order valence-electron chi connectivity index (χ1n) is 8.06. The van der Waals surface area contributed by atoms with Crippen LogP contribution in [0.5, 0.6) is 0 Å². The smallest absolute Gasteiger partial charge is 0.270 e. The SMILES string of the molecule is O=[N+]([O-])c1ccc2c(c1)C(c1ccccc1)=NCC1=NN=C(CO)CN12. The lowest BCUT2D eigenvalue weighted by atomic mass is 9.99. The zero-order chi connectivity index (χ0) is 18.1. The molecule has 26 heavy (non-hydrogen) atoms. The maximum atomic E-state index is 11.3. The van der Waals surface area contributed by atoms with E-state index in [1.54, 1.807) is 6.07 Å². The third-order valence-corrected chi connectivity index (χ3v) is 4.30. The molecule has 0 saturated heterocycles. The molecule has 0 bridgehead atoms. The highest BCUT2D eigenvalue weighted by atomic mass is 16.6. The summed E-state index contributed by atoms with van der Waals surface area (Å²) in [5.74, 6) is 0.642. The summed E-state index contributed by atoms with van der Waals surface area (Å²) in [6, 6.07) is 14.3. The highest BCUT2D eigenvalue weighted by molar-refractivity contribution is 6.21. The van der Waals surface area contributed by atoms with Gasteiger partial charge >= 0.3 is 0 Å². The number of aliphatic imine (C=N–C) groups is 1. The van der Waals surface area contributed by atoms with E-state index >= 15 is 0 Å². The summed E-state index contributed by atoms with van der Waals surface area (Å²) in [5.41, 5.74) is 3.50. The molecule has 0 aromatic heterocycles. The van der Waals surface area contributed by atoms with Gasteiger partial charge in [-0.25, -0.2) is 0 Å². The van der Waals surface area contributed by atoms with E-state index in [0.29, 0.717) is 35.9 Å². The molecule has 2 aliphatic rings. The standard InChI is InChI=1S/C18H15N5O3/c24-11-13-10-22-16-7-6-14(23(25)26)8-15(16)18(12-4-2-1-3-5-12)19-9-17(22)21-20-13/h1-8,24H,9-11H2. The maximum absolute atomic E-state index is 11.3. The zero-order valence-electron chi connectivity index (χ0n) is 13.7. The molecule has 0 spiro atoms. The summed E-state index contributed by atoms with van der Waals surface area (Å²) in [6.07, 6.45) is 0. The number of nitro groups is 1. The molecule has 0 aliphatic carbocycles. The van der Waals surface area contributed by atoms with Crippen molar-refractivity contribution in [3.8, 4) is 0 Å². The van der Waals surface area contributed by atoms with E-state index < -0.39 is 4.92 Å². The van der Waals surface area contributed by atoms with Gasteiger partial charge in [-0.2, -0.15) is 5.10 Å². The second-order valence-electron chi connectivity index (χ2n) is 5.92. The van der Waals surface area contributed by atoms with Crippen molar-refractivity contribution < 1.29 is 10.0 Å². The fourth-order valence-electron chi connectivity index (χ4n) is 3.05. The van der Waals surface area contributed by atoms with E-state index in [9.17, 15) is 15.2 Å². The van der Waals surface area contributed by atoms with E-state index in [4.69, 9.17) is 0 Å². The largest absolute Gasteiger partial charge is 0.390 e. The van der Waals surface area contributed by atoms with E-state index in [2.05, 4.69) is 15.2 Å². The summed E-state index contributed by atoms with van der Waals surface area (Å²) < 4.78 is 0. The third kappa shape index (κ3) is 2.76. The molecule has 0 saturated carbocycles. The minimum absolute atomic E-state index is 0.000767. The van der Waals surface area contributed by atoms with Gasteiger partial charge in [0, 0.05) is 23.3 Å². The number of amidine groups is 1. The molecule has 8 heteroatoms. The molecule has 2 aliphatic heterocycles. The Balaban J connectivity index is 1.91. The molecule has 1 N–H and O–H groups in total. The lowest BCUT2D eigenvalue weighted by Crippen LogP contribution is -2.40. The monoisotopic (exact) mass is 349 g/mol. The van der Waals surface area contributed by atoms with Gasteiger partial charge in [-0.3, -0.25) is 15.1 Å². The normalized spacial score (nSPS) is 15.9. The van der Waals surface area contributed by atoms with Gasteiger partial charge in [0.2, 0.25) is 0 Å².